The van der Waals surface area contributed by atoms with Gasteiger partial charge in [-0.05, 0) is 19.9 Å². The molecule has 0 bridgehead atoms. The van der Waals surface area contributed by atoms with Gasteiger partial charge in [0.25, 0.3) is 0 Å². The number of fused-ring (bicyclic) bond motifs is 1. The molecule has 1 unspecified atom stereocenters. The van der Waals surface area contributed by atoms with Gasteiger partial charge in [0, 0.05) is 19.6 Å². The minimum Gasteiger partial charge on any atom is -0.394 e. The summed E-state index contributed by atoms with van der Waals surface area (Å²) in [4.78, 5) is 4.66. The number of aliphatic hydroxyl groups excluding tert-OH is 1. The summed E-state index contributed by atoms with van der Waals surface area (Å²) in [5, 5.41) is 13.9. The predicted octanol–water partition coefficient (Wildman–Crippen LogP) is 0.290. The van der Waals surface area contributed by atoms with Crippen LogP contribution in [0.5, 0.6) is 0 Å². The van der Waals surface area contributed by atoms with Gasteiger partial charge in [-0.3, -0.25) is 9.58 Å². The Labute approximate surface area is 102 Å². The Morgan fingerprint density at radius 1 is 1.41 bits per heavy atom. The third-order valence-corrected chi connectivity index (χ3v) is 3.94. The Balaban J connectivity index is 1.90. The molecule has 3 rings (SSSR count). The van der Waals surface area contributed by atoms with E-state index in [-0.39, 0.29) is 12.6 Å². The summed E-state index contributed by atoms with van der Waals surface area (Å²) >= 11 is 0. The number of anilines is 1. The molecule has 2 aliphatic rings. The zero-order chi connectivity index (χ0) is 11.8. The predicted molar refractivity (Wildman–Crippen MR) is 66.0 cm³/mol. The van der Waals surface area contributed by atoms with Crippen molar-refractivity contribution in [3.05, 3.63) is 11.9 Å². The molecule has 1 aromatic rings. The van der Waals surface area contributed by atoms with E-state index in [9.17, 15) is 5.11 Å². The van der Waals surface area contributed by atoms with Crippen LogP contribution in [0.4, 0.5) is 5.69 Å². The maximum atomic E-state index is 9.41. The van der Waals surface area contributed by atoms with Crippen LogP contribution < -0.4 is 4.90 Å². The van der Waals surface area contributed by atoms with Gasteiger partial charge in [0.15, 0.2) is 0 Å². The largest absolute Gasteiger partial charge is 0.394 e. The molecular formula is C12H20N4O. The van der Waals surface area contributed by atoms with E-state index in [1.54, 1.807) is 0 Å². The summed E-state index contributed by atoms with van der Waals surface area (Å²) in [5.41, 5.74) is 2.53. The first kappa shape index (κ1) is 11.0. The monoisotopic (exact) mass is 236 g/mol. The molecule has 94 valence electrons. The zero-order valence-corrected chi connectivity index (χ0v) is 10.3. The van der Waals surface area contributed by atoms with Crippen LogP contribution in [0.15, 0.2) is 6.20 Å². The normalized spacial score (nSPS) is 25.3. The fraction of sp³-hybridized carbons (Fsp3) is 0.750. The van der Waals surface area contributed by atoms with Crippen molar-refractivity contribution >= 4 is 5.69 Å². The van der Waals surface area contributed by atoms with Gasteiger partial charge < -0.3 is 10.0 Å². The molecule has 0 radical (unpaired) electrons. The van der Waals surface area contributed by atoms with E-state index in [2.05, 4.69) is 26.6 Å². The summed E-state index contributed by atoms with van der Waals surface area (Å²) in [6, 6.07) is 0.288. The highest BCUT2D eigenvalue weighted by Gasteiger charge is 2.29. The molecule has 0 aromatic carbocycles. The third kappa shape index (κ3) is 1.83. The molecule has 1 saturated heterocycles. The van der Waals surface area contributed by atoms with Gasteiger partial charge in [0.1, 0.15) is 0 Å². The Hall–Kier alpha value is -1.07. The van der Waals surface area contributed by atoms with Crippen LogP contribution in [0.1, 0.15) is 18.5 Å². The Morgan fingerprint density at radius 3 is 3.12 bits per heavy atom. The number of nitrogens with zero attached hydrogens (tertiary/aromatic N) is 4. The quantitative estimate of drug-likeness (QED) is 0.801. The lowest BCUT2D eigenvalue weighted by molar-refractivity contribution is 0.256. The van der Waals surface area contributed by atoms with Crippen molar-refractivity contribution < 1.29 is 5.11 Å². The molecule has 0 saturated carbocycles. The van der Waals surface area contributed by atoms with Gasteiger partial charge in [-0.25, -0.2) is 0 Å². The Bertz CT molecular complexity index is 403. The maximum Gasteiger partial charge on any atom is 0.0802 e. The topological polar surface area (TPSA) is 44.5 Å². The second-order valence-electron chi connectivity index (χ2n) is 5.11. The van der Waals surface area contributed by atoms with Gasteiger partial charge in [0.05, 0.1) is 36.8 Å². The summed E-state index contributed by atoms with van der Waals surface area (Å²) in [7, 11) is 2.15. The van der Waals surface area contributed by atoms with Crippen LogP contribution in [0, 0.1) is 0 Å². The van der Waals surface area contributed by atoms with E-state index in [4.69, 9.17) is 0 Å². The number of likely N-dealkylation sites (N-methyl/N-ethyl adjacent to an activating group) is 1. The van der Waals surface area contributed by atoms with Crippen molar-refractivity contribution in [1.82, 2.24) is 14.7 Å². The summed E-state index contributed by atoms with van der Waals surface area (Å²) < 4.78 is 2.11. The highest BCUT2D eigenvalue weighted by molar-refractivity contribution is 5.52. The van der Waals surface area contributed by atoms with Crippen LogP contribution in [0.2, 0.25) is 0 Å². The maximum absolute atomic E-state index is 9.41. The van der Waals surface area contributed by atoms with Gasteiger partial charge in [-0.15, -0.1) is 0 Å². The summed E-state index contributed by atoms with van der Waals surface area (Å²) in [5.74, 6) is 0. The van der Waals surface area contributed by atoms with Crippen LogP contribution in [0.25, 0.3) is 0 Å². The van der Waals surface area contributed by atoms with E-state index in [0.29, 0.717) is 0 Å². The average Bonchev–Trinajstić information content (AvgIpc) is 2.93. The number of hydrogen-bond acceptors (Lipinski definition) is 4. The van der Waals surface area contributed by atoms with E-state index in [1.165, 1.54) is 17.8 Å². The van der Waals surface area contributed by atoms with Crippen molar-refractivity contribution in [3.63, 3.8) is 0 Å². The molecule has 3 heterocycles. The zero-order valence-electron chi connectivity index (χ0n) is 10.3. The van der Waals surface area contributed by atoms with Gasteiger partial charge in [0.2, 0.25) is 0 Å². The Morgan fingerprint density at radius 2 is 2.29 bits per heavy atom. The van der Waals surface area contributed by atoms with Crippen molar-refractivity contribution in [1.29, 1.82) is 0 Å². The van der Waals surface area contributed by atoms with E-state index < -0.39 is 0 Å². The number of aliphatic hydroxyl groups is 1. The first-order valence-electron chi connectivity index (χ1n) is 6.40. The van der Waals surface area contributed by atoms with Crippen molar-refractivity contribution in [2.45, 2.75) is 32.0 Å². The molecule has 1 fully saturated rings. The molecule has 17 heavy (non-hydrogen) atoms. The Kier molecular flexibility index (Phi) is 2.80. The van der Waals surface area contributed by atoms with Crippen LogP contribution in [-0.2, 0) is 13.1 Å². The average molecular weight is 236 g/mol. The minimum atomic E-state index is 0.250. The van der Waals surface area contributed by atoms with Crippen LogP contribution in [-0.4, -0.2) is 52.6 Å². The number of hydrogen-bond donors (Lipinski definition) is 1. The van der Waals surface area contributed by atoms with Crippen LogP contribution >= 0.6 is 0 Å². The molecule has 5 heteroatoms. The third-order valence-electron chi connectivity index (χ3n) is 3.94. The van der Waals surface area contributed by atoms with Gasteiger partial charge >= 0.3 is 0 Å². The standard InChI is InChI=1S/C12H20N4O/c1-14-5-6-16-12(8-14)11(7-13-16)15-4-2-3-10(15)9-17/h7,10,17H,2-6,8-9H2,1H3. The first-order valence-corrected chi connectivity index (χ1v) is 6.40. The second-order valence-corrected chi connectivity index (χ2v) is 5.11. The number of rotatable bonds is 2. The molecular weight excluding hydrogens is 216 g/mol. The van der Waals surface area contributed by atoms with Crippen molar-refractivity contribution in [3.8, 4) is 0 Å². The lowest BCUT2D eigenvalue weighted by atomic mass is 10.2. The SMILES string of the molecule is CN1CCn2ncc(N3CCCC3CO)c2C1. The molecule has 1 N–H and O–H groups in total. The smallest absolute Gasteiger partial charge is 0.0802 e. The molecule has 5 nitrogen and oxygen atoms in total. The van der Waals surface area contributed by atoms with Gasteiger partial charge in [-0.1, -0.05) is 0 Å². The fourth-order valence-corrected chi connectivity index (χ4v) is 2.94. The molecule has 1 atom stereocenters. The molecule has 1 aromatic heterocycles. The summed E-state index contributed by atoms with van der Waals surface area (Å²) in [6.07, 6.45) is 4.24. The lowest BCUT2D eigenvalue weighted by Gasteiger charge is -2.29. The molecule has 0 spiro atoms. The van der Waals surface area contributed by atoms with Crippen molar-refractivity contribution in [2.75, 3.05) is 31.6 Å². The highest BCUT2D eigenvalue weighted by atomic mass is 16.3. The highest BCUT2D eigenvalue weighted by Crippen LogP contribution is 2.30. The molecule has 0 amide bonds. The van der Waals surface area contributed by atoms with E-state index in [0.717, 1.165) is 32.6 Å². The van der Waals surface area contributed by atoms with Crippen LogP contribution in [0.3, 0.4) is 0 Å². The van der Waals surface area contributed by atoms with Crippen molar-refractivity contribution in [2.24, 2.45) is 0 Å². The molecule has 0 aliphatic carbocycles. The van der Waals surface area contributed by atoms with E-state index in [1.807, 2.05) is 6.20 Å². The van der Waals surface area contributed by atoms with E-state index >= 15 is 0 Å². The summed E-state index contributed by atoms with van der Waals surface area (Å²) in [6.45, 7) is 4.30. The second kappa shape index (κ2) is 4.31. The first-order chi connectivity index (χ1) is 8.29. The van der Waals surface area contributed by atoms with Gasteiger partial charge in [-0.2, -0.15) is 5.10 Å². The number of aromatic nitrogens is 2. The fourth-order valence-electron chi connectivity index (χ4n) is 2.94. The molecule has 2 aliphatic heterocycles. The lowest BCUT2D eigenvalue weighted by Crippen LogP contribution is -2.35. The minimum absolute atomic E-state index is 0.250.